The van der Waals surface area contributed by atoms with Gasteiger partial charge in [0.05, 0.1) is 17.5 Å². The van der Waals surface area contributed by atoms with Crippen molar-refractivity contribution >= 4 is 23.8 Å². The van der Waals surface area contributed by atoms with Crippen molar-refractivity contribution < 1.29 is 14.3 Å². The zero-order valence-corrected chi connectivity index (χ0v) is 20.4. The number of nitriles is 1. The Morgan fingerprint density at radius 1 is 1.28 bits per heavy atom. The molecule has 8 heteroatoms. The van der Waals surface area contributed by atoms with Crippen LogP contribution >= 0.6 is 11.8 Å². The Kier molecular flexibility index (Phi) is 8.07. The molecule has 174 valence electrons. The molecule has 0 N–H and O–H groups in total. The van der Waals surface area contributed by atoms with Crippen LogP contribution in [0.2, 0.25) is 0 Å². The molecular formula is C24H34N4O3S. The number of ether oxygens (including phenoxy) is 1. The van der Waals surface area contributed by atoms with Crippen LogP contribution in [0.15, 0.2) is 24.3 Å². The Bertz CT molecular complexity index is 840. The molecule has 7 nitrogen and oxygen atoms in total. The first kappa shape index (κ1) is 24.4. The Hall–Kier alpha value is -2.24. The summed E-state index contributed by atoms with van der Waals surface area (Å²) < 4.78 is 5.66. The van der Waals surface area contributed by atoms with Crippen molar-refractivity contribution in [1.29, 1.82) is 5.26 Å². The van der Waals surface area contributed by atoms with Gasteiger partial charge in [-0.05, 0) is 57.9 Å². The van der Waals surface area contributed by atoms with Crippen molar-refractivity contribution in [3.8, 4) is 6.07 Å². The maximum atomic E-state index is 13.3. The lowest BCUT2D eigenvalue weighted by molar-refractivity contribution is -0.134. The Balaban J connectivity index is 1.79. The van der Waals surface area contributed by atoms with Crippen molar-refractivity contribution in [2.75, 3.05) is 31.3 Å². The molecule has 2 amide bonds. The molecule has 1 aromatic rings. The molecule has 2 unspecified atom stereocenters. The van der Waals surface area contributed by atoms with Crippen LogP contribution in [-0.4, -0.2) is 75.6 Å². The van der Waals surface area contributed by atoms with Crippen molar-refractivity contribution in [1.82, 2.24) is 14.7 Å². The van der Waals surface area contributed by atoms with Crippen molar-refractivity contribution in [2.24, 2.45) is 0 Å². The van der Waals surface area contributed by atoms with Crippen LogP contribution in [0.25, 0.3) is 0 Å². The van der Waals surface area contributed by atoms with Gasteiger partial charge in [0, 0.05) is 31.4 Å². The minimum absolute atomic E-state index is 0.0261. The second-order valence-corrected chi connectivity index (χ2v) is 10.5. The van der Waals surface area contributed by atoms with Gasteiger partial charge in [0.25, 0.3) is 0 Å². The zero-order chi connectivity index (χ0) is 23.3. The van der Waals surface area contributed by atoms with Gasteiger partial charge in [-0.2, -0.15) is 5.26 Å². The summed E-state index contributed by atoms with van der Waals surface area (Å²) >= 11 is 1.75. The van der Waals surface area contributed by atoms with Crippen LogP contribution < -0.4 is 0 Å². The van der Waals surface area contributed by atoms with Gasteiger partial charge in [0.15, 0.2) is 0 Å². The zero-order valence-electron chi connectivity index (χ0n) is 19.5. The summed E-state index contributed by atoms with van der Waals surface area (Å²) in [6.45, 7) is 10.5. The Morgan fingerprint density at radius 2 is 2.00 bits per heavy atom. The Labute approximate surface area is 195 Å². The van der Waals surface area contributed by atoms with E-state index in [1.54, 1.807) is 16.7 Å². The molecule has 32 heavy (non-hydrogen) atoms. The summed E-state index contributed by atoms with van der Waals surface area (Å²) in [5.74, 6) is 1.65. The van der Waals surface area contributed by atoms with E-state index in [0.29, 0.717) is 31.0 Å². The SMILES string of the molecule is CCCN(Cc1ccc(C#N)cc1)C1CC(C(=O)N2CCSC2)N(C(=O)OC(C)(C)C)C1. The Morgan fingerprint density at radius 3 is 2.56 bits per heavy atom. The number of likely N-dealkylation sites (tertiary alicyclic amines) is 1. The second kappa shape index (κ2) is 10.6. The molecule has 1 aromatic carbocycles. The fourth-order valence-electron chi connectivity index (χ4n) is 4.23. The summed E-state index contributed by atoms with van der Waals surface area (Å²) in [5, 5.41) is 9.05. The first-order valence-electron chi connectivity index (χ1n) is 11.3. The lowest BCUT2D eigenvalue weighted by atomic mass is 10.1. The number of nitrogens with zero attached hydrogens (tertiary/aromatic N) is 4. The summed E-state index contributed by atoms with van der Waals surface area (Å²) in [5.41, 5.74) is 1.14. The summed E-state index contributed by atoms with van der Waals surface area (Å²) in [6, 6.07) is 9.35. The highest BCUT2D eigenvalue weighted by Crippen LogP contribution is 2.29. The maximum Gasteiger partial charge on any atom is 0.411 e. The molecule has 0 saturated carbocycles. The lowest BCUT2D eigenvalue weighted by Gasteiger charge is -2.30. The lowest BCUT2D eigenvalue weighted by Crippen LogP contribution is -2.48. The standard InChI is InChI=1S/C24H34N4O3S/c1-5-10-26(15-19-8-6-18(14-25)7-9-19)20-13-21(22(29)27-11-12-32-17-27)28(16-20)23(30)31-24(2,3)4/h6-9,20-21H,5,10-13,15-17H2,1-4H3. The van der Waals surface area contributed by atoms with Crippen molar-refractivity contribution in [2.45, 2.75) is 64.8 Å². The highest BCUT2D eigenvalue weighted by molar-refractivity contribution is 7.99. The monoisotopic (exact) mass is 458 g/mol. The predicted molar refractivity (Wildman–Crippen MR) is 126 cm³/mol. The van der Waals surface area contributed by atoms with Gasteiger partial charge in [0.2, 0.25) is 5.91 Å². The average Bonchev–Trinajstić information content (AvgIpc) is 3.43. The van der Waals surface area contributed by atoms with E-state index in [9.17, 15) is 9.59 Å². The molecule has 2 heterocycles. The molecular weight excluding hydrogens is 424 g/mol. The number of amides is 2. The highest BCUT2D eigenvalue weighted by Gasteiger charge is 2.45. The van der Waals surface area contributed by atoms with Crippen LogP contribution in [0.4, 0.5) is 4.79 Å². The van der Waals surface area contributed by atoms with E-state index in [0.717, 1.165) is 30.8 Å². The van der Waals surface area contributed by atoms with Crippen LogP contribution in [-0.2, 0) is 16.1 Å². The molecule has 0 radical (unpaired) electrons. The minimum atomic E-state index is -0.613. The average molecular weight is 459 g/mol. The van der Waals surface area contributed by atoms with Gasteiger partial charge in [-0.15, -0.1) is 11.8 Å². The molecule has 0 spiro atoms. The van der Waals surface area contributed by atoms with Gasteiger partial charge in [-0.25, -0.2) is 4.79 Å². The van der Waals surface area contributed by atoms with E-state index in [2.05, 4.69) is 17.9 Å². The van der Waals surface area contributed by atoms with E-state index in [4.69, 9.17) is 10.00 Å². The minimum Gasteiger partial charge on any atom is -0.444 e. The number of carbonyl (C=O) groups is 2. The smallest absolute Gasteiger partial charge is 0.411 e. The maximum absolute atomic E-state index is 13.3. The van der Waals surface area contributed by atoms with Crippen LogP contribution in [0.3, 0.4) is 0 Å². The predicted octanol–water partition coefficient (Wildman–Crippen LogP) is 3.68. The molecule has 0 aromatic heterocycles. The largest absolute Gasteiger partial charge is 0.444 e. The van der Waals surface area contributed by atoms with E-state index >= 15 is 0 Å². The summed E-state index contributed by atoms with van der Waals surface area (Å²) in [7, 11) is 0. The van der Waals surface area contributed by atoms with E-state index in [1.165, 1.54) is 0 Å². The third-order valence-corrected chi connectivity index (χ3v) is 6.72. The first-order valence-corrected chi connectivity index (χ1v) is 12.5. The highest BCUT2D eigenvalue weighted by atomic mass is 32.2. The van der Waals surface area contributed by atoms with Gasteiger partial charge < -0.3 is 9.64 Å². The third kappa shape index (κ3) is 6.17. The number of benzene rings is 1. The number of thioether (sulfide) groups is 1. The molecule has 2 aliphatic rings. The second-order valence-electron chi connectivity index (χ2n) is 9.46. The van der Waals surface area contributed by atoms with Gasteiger partial charge in [0.1, 0.15) is 11.6 Å². The quantitative estimate of drug-likeness (QED) is 0.647. The fourth-order valence-corrected chi connectivity index (χ4v) is 5.19. The van der Waals surface area contributed by atoms with Gasteiger partial charge >= 0.3 is 6.09 Å². The first-order chi connectivity index (χ1) is 15.2. The summed E-state index contributed by atoms with van der Waals surface area (Å²) in [4.78, 5) is 32.2. The van der Waals surface area contributed by atoms with Gasteiger partial charge in [-0.3, -0.25) is 14.6 Å². The molecule has 0 aliphatic carbocycles. The normalized spacial score (nSPS) is 21.1. The van der Waals surface area contributed by atoms with E-state index in [1.807, 2.05) is 49.9 Å². The number of carbonyl (C=O) groups excluding carboxylic acids is 2. The van der Waals surface area contributed by atoms with Crippen LogP contribution in [0.5, 0.6) is 0 Å². The van der Waals surface area contributed by atoms with Crippen molar-refractivity contribution in [3.05, 3.63) is 35.4 Å². The van der Waals surface area contributed by atoms with Crippen LogP contribution in [0.1, 0.15) is 51.7 Å². The molecule has 2 atom stereocenters. The third-order valence-electron chi connectivity index (χ3n) is 5.75. The molecule has 2 fully saturated rings. The molecule has 3 rings (SSSR count). The fraction of sp³-hybridized carbons (Fsp3) is 0.625. The van der Waals surface area contributed by atoms with Crippen molar-refractivity contribution in [3.63, 3.8) is 0 Å². The van der Waals surface area contributed by atoms with Gasteiger partial charge in [-0.1, -0.05) is 19.1 Å². The number of hydrogen-bond acceptors (Lipinski definition) is 6. The molecule has 0 bridgehead atoms. The summed E-state index contributed by atoms with van der Waals surface area (Å²) in [6.07, 6.45) is 1.16. The van der Waals surface area contributed by atoms with E-state index < -0.39 is 17.7 Å². The number of rotatable bonds is 6. The molecule has 2 saturated heterocycles. The molecule has 2 aliphatic heterocycles. The number of hydrogen-bond donors (Lipinski definition) is 0. The van der Waals surface area contributed by atoms with Crippen LogP contribution in [0, 0.1) is 11.3 Å². The topological polar surface area (TPSA) is 76.9 Å². The van der Waals surface area contributed by atoms with E-state index in [-0.39, 0.29) is 11.9 Å².